The maximum Gasteiger partial charge on any atom is 0.342 e. The summed E-state index contributed by atoms with van der Waals surface area (Å²) in [6.07, 6.45) is 4.20. The van der Waals surface area contributed by atoms with Gasteiger partial charge in [-0.1, -0.05) is 19.4 Å². The van der Waals surface area contributed by atoms with Crippen molar-refractivity contribution in [2.24, 2.45) is 5.73 Å². The molecule has 0 aliphatic carbocycles. The molecule has 1 aromatic rings. The van der Waals surface area contributed by atoms with Gasteiger partial charge in [0, 0.05) is 6.20 Å². The summed E-state index contributed by atoms with van der Waals surface area (Å²) < 4.78 is 0. The first-order valence-corrected chi connectivity index (χ1v) is 6.25. The zero-order chi connectivity index (χ0) is 14.1. The number of nitrogens with one attached hydrogen (secondary N) is 1. The minimum Gasteiger partial charge on any atom is -0.382 e. The molecule has 0 aliphatic heterocycles. The molecule has 0 saturated heterocycles. The fraction of sp³-hybridized carbons (Fsp3) is 0.462. The number of amidine groups is 1. The summed E-state index contributed by atoms with van der Waals surface area (Å²) in [5, 5.41) is 7.21. The average molecular weight is 265 g/mol. The van der Waals surface area contributed by atoms with Gasteiger partial charge in [0.1, 0.15) is 11.5 Å². The number of rotatable bonds is 8. The molecular formula is C13H19N3O3. The first-order chi connectivity index (χ1) is 9.13. The lowest BCUT2D eigenvalue weighted by atomic mass is 10.1. The number of nitrogen functional groups attached to an aromatic ring is 1. The average Bonchev–Trinajstić information content (AvgIpc) is 2.42. The zero-order valence-corrected chi connectivity index (χ0v) is 11.0. The fourth-order valence-electron chi connectivity index (χ4n) is 1.33. The Morgan fingerprint density at radius 1 is 1.47 bits per heavy atom. The number of carbonyl (C=O) groups is 1. The summed E-state index contributed by atoms with van der Waals surface area (Å²) in [7, 11) is 0. The number of hydrogen-bond acceptors (Lipinski definition) is 5. The van der Waals surface area contributed by atoms with Gasteiger partial charge >= 0.3 is 5.97 Å². The third-order valence-corrected chi connectivity index (χ3v) is 2.45. The molecule has 0 saturated carbocycles. The van der Waals surface area contributed by atoms with Gasteiger partial charge in [-0.25, -0.2) is 4.79 Å². The maximum atomic E-state index is 11.3. The Bertz CT molecular complexity index is 418. The summed E-state index contributed by atoms with van der Waals surface area (Å²) in [6.45, 7) is 2.46. The molecule has 104 valence electrons. The normalized spacial score (nSPS) is 10.2. The van der Waals surface area contributed by atoms with Crippen molar-refractivity contribution >= 4 is 11.8 Å². The van der Waals surface area contributed by atoms with E-state index in [0.717, 1.165) is 18.4 Å². The first kappa shape index (κ1) is 15.1. The van der Waals surface area contributed by atoms with Gasteiger partial charge in [-0.15, -0.1) is 0 Å². The Hall–Kier alpha value is -1.95. The maximum absolute atomic E-state index is 11.3. The van der Waals surface area contributed by atoms with Crippen LogP contribution < -0.4 is 5.73 Å². The molecule has 1 heterocycles. The molecule has 6 heteroatoms. The van der Waals surface area contributed by atoms with Crippen molar-refractivity contribution in [3.63, 3.8) is 0 Å². The summed E-state index contributed by atoms with van der Waals surface area (Å²) in [5.41, 5.74) is 6.61. The number of pyridine rings is 1. The molecule has 19 heavy (non-hydrogen) atoms. The molecule has 0 atom stereocenters. The number of carbonyl (C=O) groups excluding carboxylic acids is 1. The summed E-state index contributed by atoms with van der Waals surface area (Å²) in [5.74, 6) is -0.470. The molecule has 0 fully saturated rings. The minimum absolute atomic E-state index is 0.0738. The standard InChI is InChI=1S/C13H19N3O3/c1-2-3-8-18-19-12(17)7-5-10-4-6-11(13(14)15)16-9-10/h4,6,9H,2-3,5,7-8H2,1H3,(H3,14,15). The lowest BCUT2D eigenvalue weighted by molar-refractivity contribution is -0.272. The van der Waals surface area contributed by atoms with Crippen molar-refractivity contribution in [1.82, 2.24) is 4.98 Å². The Labute approximate surface area is 112 Å². The highest BCUT2D eigenvalue weighted by molar-refractivity contribution is 5.92. The van der Waals surface area contributed by atoms with Gasteiger partial charge < -0.3 is 5.73 Å². The highest BCUT2D eigenvalue weighted by Gasteiger charge is 2.06. The van der Waals surface area contributed by atoms with Crippen molar-refractivity contribution in [2.75, 3.05) is 6.61 Å². The van der Waals surface area contributed by atoms with Gasteiger partial charge in [0.2, 0.25) is 0 Å². The zero-order valence-electron chi connectivity index (χ0n) is 11.0. The van der Waals surface area contributed by atoms with E-state index >= 15 is 0 Å². The van der Waals surface area contributed by atoms with Crippen LogP contribution in [0.2, 0.25) is 0 Å². The highest BCUT2D eigenvalue weighted by atomic mass is 17.2. The van der Waals surface area contributed by atoms with Crippen LogP contribution in [0.1, 0.15) is 37.4 Å². The molecular weight excluding hydrogens is 246 g/mol. The van der Waals surface area contributed by atoms with Crippen LogP contribution in [0.5, 0.6) is 0 Å². The summed E-state index contributed by atoms with van der Waals surface area (Å²) in [6, 6.07) is 3.44. The summed E-state index contributed by atoms with van der Waals surface area (Å²) >= 11 is 0. The second kappa shape index (κ2) is 8.20. The Morgan fingerprint density at radius 3 is 2.84 bits per heavy atom. The van der Waals surface area contributed by atoms with E-state index in [4.69, 9.17) is 16.0 Å². The third-order valence-electron chi connectivity index (χ3n) is 2.45. The molecule has 0 bridgehead atoms. The molecule has 0 radical (unpaired) electrons. The third kappa shape index (κ3) is 5.96. The molecule has 0 aromatic carbocycles. The van der Waals surface area contributed by atoms with Gasteiger partial charge in [-0.2, -0.15) is 4.89 Å². The van der Waals surface area contributed by atoms with E-state index in [0.29, 0.717) is 18.7 Å². The van der Waals surface area contributed by atoms with E-state index in [1.54, 1.807) is 18.3 Å². The number of unbranched alkanes of at least 4 members (excludes halogenated alkanes) is 1. The van der Waals surface area contributed by atoms with E-state index in [1.165, 1.54) is 0 Å². The second-order valence-electron chi connectivity index (χ2n) is 4.10. The molecule has 0 amide bonds. The molecule has 6 nitrogen and oxygen atoms in total. The molecule has 0 unspecified atom stereocenters. The van der Waals surface area contributed by atoms with Crippen molar-refractivity contribution in [1.29, 1.82) is 5.41 Å². The lowest BCUT2D eigenvalue weighted by Gasteiger charge is -2.04. The quantitative estimate of drug-likeness (QED) is 0.244. The number of aryl methyl sites for hydroxylation is 1. The predicted molar refractivity (Wildman–Crippen MR) is 70.5 cm³/mol. The Balaban J connectivity index is 2.28. The van der Waals surface area contributed by atoms with Crippen LogP contribution in [0.25, 0.3) is 0 Å². The van der Waals surface area contributed by atoms with Crippen LogP contribution in [-0.4, -0.2) is 23.4 Å². The van der Waals surface area contributed by atoms with Crippen molar-refractivity contribution in [2.45, 2.75) is 32.6 Å². The van der Waals surface area contributed by atoms with Gasteiger partial charge in [0.25, 0.3) is 0 Å². The number of hydrogen-bond donors (Lipinski definition) is 2. The Kier molecular flexibility index (Phi) is 6.52. The summed E-state index contributed by atoms with van der Waals surface area (Å²) in [4.78, 5) is 24.7. The van der Waals surface area contributed by atoms with E-state index in [9.17, 15) is 4.79 Å². The number of nitrogens with two attached hydrogens (primary N) is 1. The number of nitrogens with zero attached hydrogens (tertiary/aromatic N) is 1. The van der Waals surface area contributed by atoms with Crippen LogP contribution in [-0.2, 0) is 21.0 Å². The SMILES string of the molecule is CCCCOOC(=O)CCc1ccc(C(=N)N)nc1. The van der Waals surface area contributed by atoms with E-state index in [-0.39, 0.29) is 12.3 Å². The van der Waals surface area contributed by atoms with Gasteiger partial charge in [0.15, 0.2) is 0 Å². The van der Waals surface area contributed by atoms with E-state index in [1.807, 2.05) is 6.92 Å². The van der Waals surface area contributed by atoms with Gasteiger partial charge in [0.05, 0.1) is 13.0 Å². The highest BCUT2D eigenvalue weighted by Crippen LogP contribution is 2.04. The largest absolute Gasteiger partial charge is 0.382 e. The molecule has 0 spiro atoms. The van der Waals surface area contributed by atoms with Crippen molar-refractivity contribution in [3.05, 3.63) is 29.6 Å². The monoisotopic (exact) mass is 265 g/mol. The van der Waals surface area contributed by atoms with Gasteiger partial charge in [-0.3, -0.25) is 15.3 Å². The van der Waals surface area contributed by atoms with Crippen molar-refractivity contribution < 1.29 is 14.6 Å². The van der Waals surface area contributed by atoms with Gasteiger partial charge in [-0.05, 0) is 24.5 Å². The second-order valence-corrected chi connectivity index (χ2v) is 4.10. The van der Waals surface area contributed by atoms with E-state index in [2.05, 4.69) is 9.87 Å². The molecule has 3 N–H and O–H groups in total. The smallest absolute Gasteiger partial charge is 0.342 e. The van der Waals surface area contributed by atoms with Crippen LogP contribution in [0.4, 0.5) is 0 Å². The molecule has 1 rings (SSSR count). The molecule has 0 aliphatic rings. The number of aromatic nitrogens is 1. The predicted octanol–water partition coefficient (Wildman–Crippen LogP) is 1.57. The van der Waals surface area contributed by atoms with E-state index < -0.39 is 5.97 Å². The van der Waals surface area contributed by atoms with Crippen molar-refractivity contribution in [3.8, 4) is 0 Å². The van der Waals surface area contributed by atoms with Crippen LogP contribution in [0.15, 0.2) is 18.3 Å². The fourth-order valence-corrected chi connectivity index (χ4v) is 1.33. The first-order valence-electron chi connectivity index (χ1n) is 6.25. The van der Waals surface area contributed by atoms with Crippen LogP contribution in [0, 0.1) is 5.41 Å². The molecule has 1 aromatic heterocycles. The van der Waals surface area contributed by atoms with Crippen LogP contribution >= 0.6 is 0 Å². The Morgan fingerprint density at radius 2 is 2.26 bits per heavy atom. The minimum atomic E-state index is -0.397. The lowest BCUT2D eigenvalue weighted by Crippen LogP contribution is -2.13. The topological polar surface area (TPSA) is 98.3 Å². The van der Waals surface area contributed by atoms with Crippen LogP contribution in [0.3, 0.4) is 0 Å².